The normalized spacial score (nSPS) is 15.1. The lowest BCUT2D eigenvalue weighted by Gasteiger charge is -2.12. The molecule has 1 aromatic rings. The Bertz CT molecular complexity index is 481. The van der Waals surface area contributed by atoms with E-state index in [0.717, 1.165) is 37.9 Å². The van der Waals surface area contributed by atoms with Gasteiger partial charge in [-0.3, -0.25) is 10.1 Å². The molecule has 0 radical (unpaired) electrons. The molecule has 116 valence electrons. The molecule has 1 aliphatic carbocycles. The molecule has 3 N–H and O–H groups in total. The summed E-state index contributed by atoms with van der Waals surface area (Å²) in [5, 5.41) is 16.0. The van der Waals surface area contributed by atoms with Crippen molar-refractivity contribution in [2.75, 3.05) is 6.54 Å². The monoisotopic (exact) mass is 294 g/mol. The van der Waals surface area contributed by atoms with E-state index in [2.05, 4.69) is 26.3 Å². The van der Waals surface area contributed by atoms with Crippen LogP contribution in [0.4, 0.5) is 4.79 Å². The number of rotatable bonds is 6. The van der Waals surface area contributed by atoms with Crippen molar-refractivity contribution >= 4 is 11.9 Å². The summed E-state index contributed by atoms with van der Waals surface area (Å²) >= 11 is 0. The summed E-state index contributed by atoms with van der Waals surface area (Å²) in [6.07, 6.45) is 5.92. The fraction of sp³-hybridized carbons (Fsp3) is 0.692. The quantitative estimate of drug-likeness (QED) is 0.693. The highest BCUT2D eigenvalue weighted by molar-refractivity contribution is 5.94. The fourth-order valence-electron chi connectivity index (χ4n) is 2.35. The van der Waals surface area contributed by atoms with Crippen LogP contribution in [0.1, 0.15) is 38.3 Å². The summed E-state index contributed by atoms with van der Waals surface area (Å²) in [7, 11) is 0. The van der Waals surface area contributed by atoms with Crippen LogP contribution in [0.5, 0.6) is 0 Å². The highest BCUT2D eigenvalue weighted by atomic mass is 16.2. The highest BCUT2D eigenvalue weighted by Gasteiger charge is 2.18. The molecule has 0 aliphatic heterocycles. The molecule has 3 amide bonds. The van der Waals surface area contributed by atoms with Crippen molar-refractivity contribution in [2.45, 2.75) is 51.7 Å². The standard InChI is InChI=1S/C13H22N6O2/c1-2-14-7-11-8-19(18-17-11)9-12(20)16-13(21)15-10-5-3-4-6-10/h8,10,14H,2-7,9H2,1H3,(H2,15,16,20,21). The first-order valence-corrected chi connectivity index (χ1v) is 7.37. The first-order valence-electron chi connectivity index (χ1n) is 7.37. The van der Waals surface area contributed by atoms with Crippen molar-refractivity contribution in [2.24, 2.45) is 0 Å². The average Bonchev–Trinajstić information content (AvgIpc) is 3.08. The number of urea groups is 1. The summed E-state index contributed by atoms with van der Waals surface area (Å²) in [6, 6.07) is -0.240. The number of hydrogen-bond acceptors (Lipinski definition) is 5. The highest BCUT2D eigenvalue weighted by Crippen LogP contribution is 2.17. The van der Waals surface area contributed by atoms with Crippen molar-refractivity contribution in [1.82, 2.24) is 30.9 Å². The Hall–Kier alpha value is -1.96. The van der Waals surface area contributed by atoms with Gasteiger partial charge in [0, 0.05) is 12.6 Å². The van der Waals surface area contributed by atoms with E-state index in [1.807, 2.05) is 6.92 Å². The first kappa shape index (κ1) is 15.4. The van der Waals surface area contributed by atoms with Crippen LogP contribution in [0.2, 0.25) is 0 Å². The van der Waals surface area contributed by atoms with E-state index < -0.39 is 11.9 Å². The van der Waals surface area contributed by atoms with Crippen LogP contribution in [0.3, 0.4) is 0 Å². The smallest absolute Gasteiger partial charge is 0.321 e. The van der Waals surface area contributed by atoms with Crippen LogP contribution in [0.25, 0.3) is 0 Å². The maximum Gasteiger partial charge on any atom is 0.321 e. The number of hydrogen-bond donors (Lipinski definition) is 3. The number of carbonyl (C=O) groups excluding carboxylic acids is 2. The number of carbonyl (C=O) groups is 2. The van der Waals surface area contributed by atoms with Gasteiger partial charge in [-0.25, -0.2) is 9.48 Å². The van der Waals surface area contributed by atoms with Crippen LogP contribution >= 0.6 is 0 Å². The van der Waals surface area contributed by atoms with E-state index in [0.29, 0.717) is 6.54 Å². The second kappa shape index (κ2) is 7.72. The lowest BCUT2D eigenvalue weighted by Crippen LogP contribution is -2.44. The fourth-order valence-corrected chi connectivity index (χ4v) is 2.35. The third-order valence-electron chi connectivity index (χ3n) is 3.39. The van der Waals surface area contributed by atoms with E-state index in [1.54, 1.807) is 6.20 Å². The molecule has 8 heteroatoms. The summed E-state index contributed by atoms with van der Waals surface area (Å²) in [5.41, 5.74) is 0.764. The van der Waals surface area contributed by atoms with Crippen molar-refractivity contribution in [3.05, 3.63) is 11.9 Å². The first-order chi connectivity index (χ1) is 10.2. The average molecular weight is 294 g/mol. The van der Waals surface area contributed by atoms with Crippen molar-refractivity contribution in [1.29, 1.82) is 0 Å². The molecule has 8 nitrogen and oxygen atoms in total. The van der Waals surface area contributed by atoms with Crippen LogP contribution < -0.4 is 16.0 Å². The zero-order chi connectivity index (χ0) is 15.1. The van der Waals surface area contributed by atoms with Gasteiger partial charge in [0.1, 0.15) is 6.54 Å². The predicted molar refractivity (Wildman–Crippen MR) is 76.3 cm³/mol. The van der Waals surface area contributed by atoms with E-state index in [4.69, 9.17) is 0 Å². The summed E-state index contributed by atoms with van der Waals surface area (Å²) in [5.74, 6) is -0.398. The molecule has 1 saturated carbocycles. The van der Waals surface area contributed by atoms with Gasteiger partial charge >= 0.3 is 6.03 Å². The van der Waals surface area contributed by atoms with Gasteiger partial charge < -0.3 is 10.6 Å². The molecule has 21 heavy (non-hydrogen) atoms. The van der Waals surface area contributed by atoms with Crippen LogP contribution in [0.15, 0.2) is 6.20 Å². The minimum Gasteiger partial charge on any atom is -0.335 e. The molecule has 1 aliphatic rings. The van der Waals surface area contributed by atoms with Crippen molar-refractivity contribution < 1.29 is 9.59 Å². The van der Waals surface area contributed by atoms with Gasteiger partial charge in [0.2, 0.25) is 5.91 Å². The van der Waals surface area contributed by atoms with Crippen molar-refractivity contribution in [3.8, 4) is 0 Å². The van der Waals surface area contributed by atoms with Gasteiger partial charge in [0.15, 0.2) is 0 Å². The van der Waals surface area contributed by atoms with E-state index in [1.165, 1.54) is 4.68 Å². The largest absolute Gasteiger partial charge is 0.335 e. The molecule has 0 atom stereocenters. The molecule has 0 aromatic carbocycles. The van der Waals surface area contributed by atoms with Gasteiger partial charge in [-0.05, 0) is 19.4 Å². The number of amides is 3. The second-order valence-electron chi connectivity index (χ2n) is 5.19. The maximum absolute atomic E-state index is 11.7. The number of imide groups is 1. The molecular formula is C13H22N6O2. The molecule has 1 fully saturated rings. The lowest BCUT2D eigenvalue weighted by atomic mass is 10.2. The van der Waals surface area contributed by atoms with E-state index in [-0.39, 0.29) is 12.6 Å². The third kappa shape index (κ3) is 5.14. The Balaban J connectivity index is 1.73. The summed E-state index contributed by atoms with van der Waals surface area (Å²) in [4.78, 5) is 23.4. The minimum absolute atomic E-state index is 0.0167. The van der Waals surface area contributed by atoms with Gasteiger partial charge in [0.25, 0.3) is 0 Å². The second-order valence-corrected chi connectivity index (χ2v) is 5.19. The summed E-state index contributed by atoms with van der Waals surface area (Å²) in [6.45, 7) is 3.44. The molecular weight excluding hydrogens is 272 g/mol. The number of nitrogens with one attached hydrogen (secondary N) is 3. The molecule has 1 aromatic heterocycles. The Morgan fingerprint density at radius 1 is 1.38 bits per heavy atom. The van der Waals surface area contributed by atoms with Gasteiger partial charge in [-0.1, -0.05) is 25.0 Å². The number of aromatic nitrogens is 3. The topological polar surface area (TPSA) is 101 Å². The van der Waals surface area contributed by atoms with E-state index >= 15 is 0 Å². The molecule has 1 heterocycles. The minimum atomic E-state index is -0.431. The molecule has 0 saturated heterocycles. The Morgan fingerprint density at radius 3 is 2.86 bits per heavy atom. The van der Waals surface area contributed by atoms with Crippen LogP contribution in [-0.4, -0.2) is 39.5 Å². The van der Waals surface area contributed by atoms with Crippen LogP contribution in [0, 0.1) is 0 Å². The molecule has 0 spiro atoms. The predicted octanol–water partition coefficient (Wildman–Crippen LogP) is 0.156. The zero-order valence-corrected chi connectivity index (χ0v) is 12.3. The van der Waals surface area contributed by atoms with Crippen LogP contribution in [-0.2, 0) is 17.9 Å². The molecule has 2 rings (SSSR count). The van der Waals surface area contributed by atoms with Crippen molar-refractivity contribution in [3.63, 3.8) is 0 Å². The Morgan fingerprint density at radius 2 is 2.14 bits per heavy atom. The summed E-state index contributed by atoms with van der Waals surface area (Å²) < 4.78 is 1.42. The van der Waals surface area contributed by atoms with E-state index in [9.17, 15) is 9.59 Å². The third-order valence-corrected chi connectivity index (χ3v) is 3.39. The maximum atomic E-state index is 11.7. The lowest BCUT2D eigenvalue weighted by molar-refractivity contribution is -0.120. The Labute approximate surface area is 123 Å². The molecule has 0 bridgehead atoms. The zero-order valence-electron chi connectivity index (χ0n) is 12.3. The Kier molecular flexibility index (Phi) is 5.68. The SMILES string of the molecule is CCNCc1cn(CC(=O)NC(=O)NC2CCCC2)nn1. The van der Waals surface area contributed by atoms with Gasteiger partial charge in [0.05, 0.1) is 11.9 Å². The number of nitrogens with zero attached hydrogens (tertiary/aromatic N) is 3. The van der Waals surface area contributed by atoms with Gasteiger partial charge in [-0.2, -0.15) is 0 Å². The van der Waals surface area contributed by atoms with Gasteiger partial charge in [-0.15, -0.1) is 5.10 Å². The molecule has 0 unspecified atom stereocenters.